The Kier molecular flexibility index (Phi) is 7.97. The maximum absolute atomic E-state index is 6.34. The average molecular weight is 857 g/mol. The van der Waals surface area contributed by atoms with E-state index in [9.17, 15) is 0 Å². The fraction of sp³-hybridized carbons (Fsp3) is 0.0484. The summed E-state index contributed by atoms with van der Waals surface area (Å²) in [5.74, 6) is 1.77. The lowest BCUT2D eigenvalue weighted by Gasteiger charge is -2.22. The van der Waals surface area contributed by atoms with Gasteiger partial charge < -0.3 is 8.98 Å². The predicted octanol–water partition coefficient (Wildman–Crippen LogP) is 16.1. The summed E-state index contributed by atoms with van der Waals surface area (Å²) in [6.07, 6.45) is 0. The monoisotopic (exact) mass is 856 g/mol. The second-order valence-electron chi connectivity index (χ2n) is 18.3. The van der Waals surface area contributed by atoms with Gasteiger partial charge in [0.2, 0.25) is 0 Å². The number of furan rings is 1. The van der Waals surface area contributed by atoms with Crippen molar-refractivity contribution in [2.24, 2.45) is 0 Å². The molecule has 0 atom stereocenters. The van der Waals surface area contributed by atoms with Crippen molar-refractivity contribution in [3.05, 3.63) is 217 Å². The van der Waals surface area contributed by atoms with Crippen LogP contribution in [0.15, 0.2) is 211 Å². The number of hydrogen-bond donors (Lipinski definition) is 0. The Morgan fingerprint density at radius 3 is 1.75 bits per heavy atom. The van der Waals surface area contributed by atoms with Crippen LogP contribution in [-0.2, 0) is 5.41 Å². The standard InChI is InChI=1S/C62H40N4O/c1-62(2)52-28-12-10-22-45(52)46-32-30-38(35-53(46)62)42-26-15-27-51-56-49-24-8-6-20-43(49)44-21-7-9-25-50(44)58(56)66(57(42)51)41-19-14-18-39(34-41)60-63-59(37-16-4-3-5-17-37)64-61(65-60)40-31-33-48-47-23-11-13-29-54(47)67-55(48)36-40/h3-36H,1-2H3. The van der Waals surface area contributed by atoms with E-state index in [2.05, 4.69) is 182 Å². The SMILES string of the molecule is CC1(C)c2ccccc2-c2ccc(-c3cccc4c5c6ccccc6c6ccccc6c5n(-c5cccc(-c6nc(-c7ccccc7)nc(-c7ccc8c(c7)oc7ccccc78)n6)c5)c34)cc21. The molecule has 0 spiro atoms. The molecule has 1 aliphatic carbocycles. The molecule has 314 valence electrons. The van der Waals surface area contributed by atoms with Crippen LogP contribution in [0, 0.1) is 0 Å². The molecule has 0 unspecified atom stereocenters. The smallest absolute Gasteiger partial charge is 0.164 e. The number of para-hydroxylation sites is 2. The molecule has 67 heavy (non-hydrogen) atoms. The Morgan fingerprint density at radius 1 is 0.358 bits per heavy atom. The van der Waals surface area contributed by atoms with Gasteiger partial charge in [-0.05, 0) is 80.4 Å². The van der Waals surface area contributed by atoms with Gasteiger partial charge in [0.05, 0.1) is 11.0 Å². The van der Waals surface area contributed by atoms with Crippen LogP contribution >= 0.6 is 0 Å². The van der Waals surface area contributed by atoms with Crippen LogP contribution in [0.5, 0.6) is 0 Å². The van der Waals surface area contributed by atoms with Gasteiger partial charge in [-0.15, -0.1) is 0 Å². The fourth-order valence-corrected chi connectivity index (χ4v) is 11.1. The molecule has 0 aliphatic heterocycles. The second kappa shape index (κ2) is 14.2. The van der Waals surface area contributed by atoms with Crippen molar-refractivity contribution in [3.8, 4) is 62.1 Å². The van der Waals surface area contributed by atoms with Crippen molar-refractivity contribution in [2.75, 3.05) is 0 Å². The van der Waals surface area contributed by atoms with E-state index in [-0.39, 0.29) is 5.41 Å². The van der Waals surface area contributed by atoms with Crippen LogP contribution in [0.4, 0.5) is 0 Å². The summed E-state index contributed by atoms with van der Waals surface area (Å²) < 4.78 is 8.84. The van der Waals surface area contributed by atoms with Crippen molar-refractivity contribution >= 4 is 65.3 Å². The highest BCUT2D eigenvalue weighted by atomic mass is 16.3. The molecule has 3 heterocycles. The summed E-state index contributed by atoms with van der Waals surface area (Å²) in [5.41, 5.74) is 15.2. The normalized spacial score (nSPS) is 13.0. The van der Waals surface area contributed by atoms with Crippen LogP contribution in [0.25, 0.3) is 127 Å². The number of rotatable bonds is 5. The summed E-state index contributed by atoms with van der Waals surface area (Å²) >= 11 is 0. The first-order chi connectivity index (χ1) is 33.0. The molecule has 5 nitrogen and oxygen atoms in total. The molecule has 1 aliphatic rings. The number of nitrogens with zero attached hydrogens (tertiary/aromatic N) is 4. The van der Waals surface area contributed by atoms with Crippen LogP contribution in [-0.4, -0.2) is 19.5 Å². The highest BCUT2D eigenvalue weighted by Gasteiger charge is 2.35. The van der Waals surface area contributed by atoms with E-state index < -0.39 is 0 Å². The Balaban J connectivity index is 1.03. The lowest BCUT2D eigenvalue weighted by molar-refractivity contribution is 0.660. The second-order valence-corrected chi connectivity index (χ2v) is 18.3. The van der Waals surface area contributed by atoms with Crippen molar-refractivity contribution in [2.45, 2.75) is 19.3 Å². The number of benzene rings is 10. The number of hydrogen-bond acceptors (Lipinski definition) is 4. The maximum Gasteiger partial charge on any atom is 0.164 e. The van der Waals surface area contributed by atoms with Crippen molar-refractivity contribution in [3.63, 3.8) is 0 Å². The van der Waals surface area contributed by atoms with Crippen LogP contribution in [0.3, 0.4) is 0 Å². The van der Waals surface area contributed by atoms with Gasteiger partial charge in [-0.3, -0.25) is 0 Å². The maximum atomic E-state index is 6.34. The van der Waals surface area contributed by atoms with Crippen molar-refractivity contribution in [1.29, 1.82) is 0 Å². The third kappa shape index (κ3) is 5.58. The minimum Gasteiger partial charge on any atom is -0.456 e. The average Bonchev–Trinajstić information content (AvgIpc) is 4.02. The first-order valence-corrected chi connectivity index (χ1v) is 22.9. The van der Waals surface area contributed by atoms with Crippen LogP contribution in [0.2, 0.25) is 0 Å². The molecule has 0 fully saturated rings. The van der Waals surface area contributed by atoms with E-state index in [0.29, 0.717) is 17.5 Å². The first kappa shape index (κ1) is 37.7. The van der Waals surface area contributed by atoms with Crippen molar-refractivity contribution in [1.82, 2.24) is 19.5 Å². The lowest BCUT2D eigenvalue weighted by atomic mass is 9.81. The van der Waals surface area contributed by atoms with Crippen molar-refractivity contribution < 1.29 is 4.42 Å². The molecule has 0 amide bonds. The van der Waals surface area contributed by atoms with Gasteiger partial charge in [0.15, 0.2) is 17.5 Å². The lowest BCUT2D eigenvalue weighted by Crippen LogP contribution is -2.14. The third-order valence-corrected chi connectivity index (χ3v) is 14.2. The van der Waals surface area contributed by atoms with E-state index in [0.717, 1.165) is 49.8 Å². The molecule has 0 saturated heterocycles. The molecule has 0 bridgehead atoms. The summed E-state index contributed by atoms with van der Waals surface area (Å²) in [4.78, 5) is 15.6. The van der Waals surface area contributed by atoms with Gasteiger partial charge in [0.25, 0.3) is 0 Å². The van der Waals surface area contributed by atoms with E-state index in [1.54, 1.807) is 0 Å². The van der Waals surface area contributed by atoms with E-state index in [1.165, 1.54) is 71.2 Å². The zero-order valence-corrected chi connectivity index (χ0v) is 36.8. The van der Waals surface area contributed by atoms with Gasteiger partial charge in [-0.2, -0.15) is 0 Å². The number of fused-ring (bicyclic) bond motifs is 14. The summed E-state index contributed by atoms with van der Waals surface area (Å²) in [5, 5.41) is 9.48. The summed E-state index contributed by atoms with van der Waals surface area (Å²) in [6.45, 7) is 4.71. The molecule has 3 aromatic heterocycles. The molecular weight excluding hydrogens is 817 g/mol. The first-order valence-electron chi connectivity index (χ1n) is 22.9. The molecule has 14 rings (SSSR count). The number of aromatic nitrogens is 4. The Morgan fingerprint density at radius 2 is 0.925 bits per heavy atom. The molecule has 0 radical (unpaired) electrons. The summed E-state index contributed by atoms with van der Waals surface area (Å²) in [6, 6.07) is 73.8. The van der Waals surface area contributed by atoms with E-state index in [1.807, 2.05) is 42.5 Å². The Bertz CT molecular complexity index is 4200. The van der Waals surface area contributed by atoms with Gasteiger partial charge in [-0.1, -0.05) is 184 Å². The molecule has 13 aromatic rings. The minimum absolute atomic E-state index is 0.136. The van der Waals surface area contributed by atoms with Gasteiger partial charge >= 0.3 is 0 Å². The molecule has 0 N–H and O–H groups in total. The molecule has 0 saturated carbocycles. The third-order valence-electron chi connectivity index (χ3n) is 14.2. The predicted molar refractivity (Wildman–Crippen MR) is 276 cm³/mol. The Labute approximate surface area is 386 Å². The molecule has 10 aromatic carbocycles. The van der Waals surface area contributed by atoms with Crippen LogP contribution in [0.1, 0.15) is 25.0 Å². The largest absolute Gasteiger partial charge is 0.456 e. The highest BCUT2D eigenvalue weighted by Crippen LogP contribution is 2.51. The highest BCUT2D eigenvalue weighted by molar-refractivity contribution is 6.33. The summed E-state index contributed by atoms with van der Waals surface area (Å²) in [7, 11) is 0. The molecular formula is C62H40N4O. The fourth-order valence-electron chi connectivity index (χ4n) is 11.1. The zero-order valence-electron chi connectivity index (χ0n) is 36.8. The van der Waals surface area contributed by atoms with E-state index >= 15 is 0 Å². The topological polar surface area (TPSA) is 56.7 Å². The minimum atomic E-state index is -0.136. The quantitative estimate of drug-likeness (QED) is 0.162. The Hall–Kier alpha value is -8.67. The van der Waals surface area contributed by atoms with Crippen LogP contribution < -0.4 is 0 Å². The van der Waals surface area contributed by atoms with Gasteiger partial charge in [0, 0.05) is 60.3 Å². The van der Waals surface area contributed by atoms with E-state index in [4.69, 9.17) is 19.4 Å². The van der Waals surface area contributed by atoms with Gasteiger partial charge in [-0.25, -0.2) is 15.0 Å². The zero-order chi connectivity index (χ0) is 44.4. The van der Waals surface area contributed by atoms with Gasteiger partial charge in [0.1, 0.15) is 11.2 Å². The molecule has 5 heteroatoms.